The summed E-state index contributed by atoms with van der Waals surface area (Å²) in [7, 11) is 5.50. The van der Waals surface area contributed by atoms with Gasteiger partial charge in [0.05, 0.1) is 17.9 Å². The number of benzene rings is 2. The number of cyclic esters (lactones) is 4. The highest BCUT2D eigenvalue weighted by molar-refractivity contribution is 5.94. The third-order valence-corrected chi connectivity index (χ3v) is 13.8. The van der Waals surface area contributed by atoms with Gasteiger partial charge in [-0.2, -0.15) is 5.10 Å². The molecule has 19 heteroatoms. The number of ether oxygens (including phenoxy) is 4. The molecule has 1 aliphatic rings. The first-order chi connectivity index (χ1) is 36.0. The average molecular weight is 1080 g/mol. The molecule has 8 atom stereocenters. The minimum Gasteiger partial charge on any atom is -0.451 e. The normalized spacial score (nSPS) is 23.7. The Balaban J connectivity index is 1.86. The number of rotatable bonds is 14. The molecule has 1 saturated heterocycles. The largest absolute Gasteiger partial charge is 0.451 e. The molecule has 0 saturated carbocycles. The van der Waals surface area contributed by atoms with Crippen molar-refractivity contribution in [2.75, 3.05) is 28.2 Å². The average Bonchev–Trinajstić information content (AvgIpc) is 3.61. The summed E-state index contributed by atoms with van der Waals surface area (Å²) in [5, 5.41) is 4.29. The van der Waals surface area contributed by atoms with E-state index in [4.69, 9.17) is 18.9 Å². The topological polar surface area (TPSA) is 204 Å². The number of aromatic nitrogens is 2. The second kappa shape index (κ2) is 28.1. The maximum atomic E-state index is 15.0. The third kappa shape index (κ3) is 17.2. The van der Waals surface area contributed by atoms with Gasteiger partial charge in [0.2, 0.25) is 0 Å². The smallest absolute Gasteiger partial charge is 0.329 e. The Morgan fingerprint density at radius 3 is 1.10 bits per heavy atom. The maximum absolute atomic E-state index is 15.0. The van der Waals surface area contributed by atoms with Crippen molar-refractivity contribution in [2.45, 2.75) is 177 Å². The number of hydrogen-bond acceptors (Lipinski definition) is 13. The first kappa shape index (κ1) is 62.9. The fourth-order valence-corrected chi connectivity index (χ4v) is 9.31. The lowest BCUT2D eigenvalue weighted by molar-refractivity contribution is -0.176. The van der Waals surface area contributed by atoms with Crippen molar-refractivity contribution < 1.29 is 61.7 Å². The molecular weight excluding hydrogens is 992 g/mol. The maximum Gasteiger partial charge on any atom is 0.329 e. The van der Waals surface area contributed by atoms with E-state index < -0.39 is 102 Å². The van der Waals surface area contributed by atoms with Crippen LogP contribution < -0.4 is 0 Å². The van der Waals surface area contributed by atoms with E-state index in [0.717, 1.165) is 25.2 Å². The lowest BCUT2D eigenvalue weighted by Crippen LogP contribution is -2.55. The molecule has 4 amide bonds. The number of likely N-dealkylation sites (N-methyl/N-ethyl adjacent to an activating group) is 4. The number of carbonyl (C=O) groups is 8. The summed E-state index contributed by atoms with van der Waals surface area (Å²) in [6.45, 7) is 20.9. The second-order valence-corrected chi connectivity index (χ2v) is 22.2. The van der Waals surface area contributed by atoms with Crippen LogP contribution in [0.25, 0.3) is 0 Å². The zero-order valence-corrected chi connectivity index (χ0v) is 48.0. The van der Waals surface area contributed by atoms with E-state index in [1.807, 2.05) is 55.4 Å². The fraction of sp³-hybridized carbons (Fsp3) is 0.603. The van der Waals surface area contributed by atoms with Crippen molar-refractivity contribution in [3.8, 4) is 0 Å². The number of aryl methyl sites for hydroxylation is 1. The molecule has 0 unspecified atom stereocenters. The van der Waals surface area contributed by atoms with Gasteiger partial charge in [0.1, 0.15) is 24.2 Å². The standard InChI is InChI=1S/C58H83FN6O12/c1-33(2)26-44-55(70)74-40(12)52(67)62(14)47(29-36(7)8)58(73)77-49(31-42-22-24-43(25-23-42)32-65-38(10)50(59)37(9)60-65)54(69)64(16)45(27-34(3)4)56(71)75-39(11)51(66)61(13)46(28-35(5)6)57(72)76-48(53(68)63(44)15)30-41-20-18-17-19-21-41/h17-25,33-36,39-40,44-49H,26-32H2,1-16H3/t39-,40-,44+,45+,46+,47+,48-,49-/m1/s1. The molecule has 1 aliphatic heterocycles. The molecule has 2 aromatic carbocycles. The highest BCUT2D eigenvalue weighted by atomic mass is 19.1. The van der Waals surface area contributed by atoms with Gasteiger partial charge in [0.25, 0.3) is 23.6 Å². The van der Waals surface area contributed by atoms with Crippen LogP contribution in [0.15, 0.2) is 54.6 Å². The van der Waals surface area contributed by atoms with E-state index >= 15 is 0 Å². The lowest BCUT2D eigenvalue weighted by atomic mass is 9.99. The van der Waals surface area contributed by atoms with Gasteiger partial charge in [-0.3, -0.25) is 23.9 Å². The quantitative estimate of drug-likeness (QED) is 0.123. The van der Waals surface area contributed by atoms with Crippen molar-refractivity contribution in [1.29, 1.82) is 0 Å². The van der Waals surface area contributed by atoms with E-state index in [0.29, 0.717) is 16.8 Å². The summed E-state index contributed by atoms with van der Waals surface area (Å²) in [4.78, 5) is 121. The summed E-state index contributed by atoms with van der Waals surface area (Å²) >= 11 is 0. The molecule has 1 fully saturated rings. The summed E-state index contributed by atoms with van der Waals surface area (Å²) in [6, 6.07) is 10.7. The first-order valence-corrected chi connectivity index (χ1v) is 26.7. The van der Waals surface area contributed by atoms with E-state index in [1.165, 1.54) is 42.0 Å². The number of carbonyl (C=O) groups excluding carboxylic acids is 8. The van der Waals surface area contributed by atoms with Gasteiger partial charge in [0.15, 0.2) is 30.2 Å². The Morgan fingerprint density at radius 1 is 0.468 bits per heavy atom. The van der Waals surface area contributed by atoms with Gasteiger partial charge < -0.3 is 38.5 Å². The van der Waals surface area contributed by atoms with Crippen LogP contribution in [0, 0.1) is 43.3 Å². The molecule has 0 radical (unpaired) electrons. The Bertz CT molecular complexity index is 2510. The number of nitrogens with zero attached hydrogens (tertiary/aromatic N) is 6. The summed E-state index contributed by atoms with van der Waals surface area (Å²) < 4.78 is 40.0. The van der Waals surface area contributed by atoms with Crippen molar-refractivity contribution in [3.05, 3.63) is 88.5 Å². The van der Waals surface area contributed by atoms with Crippen LogP contribution in [-0.2, 0) is 76.7 Å². The lowest BCUT2D eigenvalue weighted by Gasteiger charge is -2.35. The van der Waals surface area contributed by atoms with Crippen molar-refractivity contribution >= 4 is 47.5 Å². The van der Waals surface area contributed by atoms with Crippen LogP contribution in [0.3, 0.4) is 0 Å². The van der Waals surface area contributed by atoms with Gasteiger partial charge >= 0.3 is 23.9 Å². The second-order valence-electron chi connectivity index (χ2n) is 22.2. The van der Waals surface area contributed by atoms with Crippen LogP contribution in [0.5, 0.6) is 0 Å². The summed E-state index contributed by atoms with van der Waals surface area (Å²) in [6.07, 6.45) is -6.02. The number of amides is 4. The van der Waals surface area contributed by atoms with Crippen LogP contribution in [0.1, 0.15) is 123 Å². The number of esters is 4. The van der Waals surface area contributed by atoms with Crippen LogP contribution in [0.2, 0.25) is 0 Å². The van der Waals surface area contributed by atoms with E-state index in [-0.39, 0.29) is 74.4 Å². The highest BCUT2D eigenvalue weighted by Crippen LogP contribution is 2.25. The van der Waals surface area contributed by atoms with E-state index in [2.05, 4.69) is 5.10 Å². The highest BCUT2D eigenvalue weighted by Gasteiger charge is 2.43. The minimum atomic E-state index is -1.58. The zero-order chi connectivity index (χ0) is 57.7. The monoisotopic (exact) mass is 1070 g/mol. The Hall–Kier alpha value is -6.66. The predicted molar refractivity (Wildman–Crippen MR) is 286 cm³/mol. The summed E-state index contributed by atoms with van der Waals surface area (Å²) in [5.41, 5.74) is 2.59. The van der Waals surface area contributed by atoms with Gasteiger partial charge in [-0.1, -0.05) is 110 Å². The molecule has 0 aliphatic carbocycles. The Labute approximate surface area is 454 Å². The number of halogens is 1. The van der Waals surface area contributed by atoms with Gasteiger partial charge in [0, 0.05) is 41.0 Å². The molecule has 77 heavy (non-hydrogen) atoms. The van der Waals surface area contributed by atoms with Crippen LogP contribution in [0.4, 0.5) is 4.39 Å². The molecular formula is C58H83FN6O12. The predicted octanol–water partition coefficient (Wildman–Crippen LogP) is 6.67. The van der Waals surface area contributed by atoms with Crippen LogP contribution in [-0.4, -0.2) is 154 Å². The third-order valence-electron chi connectivity index (χ3n) is 13.8. The molecule has 1 aromatic heterocycles. The fourth-order valence-electron chi connectivity index (χ4n) is 9.31. The van der Waals surface area contributed by atoms with E-state index in [9.17, 15) is 42.7 Å². The first-order valence-electron chi connectivity index (χ1n) is 26.7. The van der Waals surface area contributed by atoms with Gasteiger partial charge in [-0.25, -0.2) is 23.6 Å². The van der Waals surface area contributed by atoms with Gasteiger partial charge in [-0.15, -0.1) is 0 Å². The van der Waals surface area contributed by atoms with E-state index in [1.54, 1.807) is 73.1 Å². The molecule has 2 heterocycles. The van der Waals surface area contributed by atoms with Crippen LogP contribution >= 0.6 is 0 Å². The minimum absolute atomic E-state index is 0.0650. The molecule has 3 aromatic rings. The summed E-state index contributed by atoms with van der Waals surface area (Å²) in [5.74, 6) is -7.93. The SMILES string of the molecule is Cc1nn(Cc2ccc(C[C@H]3OC(=O)[C@H](CC(C)C)N(C)C(=O)[C@@H](C)OC(=O)[C@H](CC(C)C)N(C)C(=O)[C@@H](Cc4ccccc4)OC(=O)[C@H](CC(C)C)N(C)C(=O)[C@@H](C)OC(=O)[C@H](CC(C)C)N(C)C3=O)cc2)c(C)c1F. The van der Waals surface area contributed by atoms with Crippen molar-refractivity contribution in [2.24, 2.45) is 23.7 Å². The van der Waals surface area contributed by atoms with Gasteiger partial charge in [-0.05, 0) is 93.7 Å². The zero-order valence-electron chi connectivity index (χ0n) is 48.0. The molecule has 4 rings (SSSR count). The Kier molecular flexibility index (Phi) is 23.0. The Morgan fingerprint density at radius 2 is 0.779 bits per heavy atom. The molecule has 0 N–H and O–H groups in total. The molecule has 0 spiro atoms. The van der Waals surface area contributed by atoms with Crippen molar-refractivity contribution in [1.82, 2.24) is 29.4 Å². The van der Waals surface area contributed by atoms with Crippen molar-refractivity contribution in [3.63, 3.8) is 0 Å². The molecule has 0 bridgehead atoms. The molecule has 424 valence electrons. The number of hydrogen-bond donors (Lipinski definition) is 0. The molecule has 18 nitrogen and oxygen atoms in total.